The second-order valence-corrected chi connectivity index (χ2v) is 5.90. The zero-order valence-corrected chi connectivity index (χ0v) is 13.4. The highest BCUT2D eigenvalue weighted by molar-refractivity contribution is 5.85. The van der Waals surface area contributed by atoms with Crippen molar-refractivity contribution in [3.8, 4) is 11.1 Å². The van der Waals surface area contributed by atoms with Gasteiger partial charge in [0.15, 0.2) is 0 Å². The van der Waals surface area contributed by atoms with Gasteiger partial charge in [0.05, 0.1) is 5.97 Å². The molecular weight excluding hydrogens is 296 g/mol. The van der Waals surface area contributed by atoms with Crippen LogP contribution < -0.4 is 5.11 Å². The predicted octanol–water partition coefficient (Wildman–Crippen LogP) is 3.89. The number of hydrogen-bond donors (Lipinski definition) is 0. The van der Waals surface area contributed by atoms with Crippen LogP contribution in [-0.4, -0.2) is 5.97 Å². The van der Waals surface area contributed by atoms with E-state index in [9.17, 15) is 9.90 Å². The van der Waals surface area contributed by atoms with E-state index in [0.717, 1.165) is 24.8 Å². The minimum Gasteiger partial charge on any atom is -0.545 e. The highest BCUT2D eigenvalue weighted by Crippen LogP contribution is 2.20. The van der Waals surface area contributed by atoms with Gasteiger partial charge < -0.3 is 9.90 Å². The Morgan fingerprint density at radius 1 is 0.667 bits per heavy atom. The summed E-state index contributed by atoms with van der Waals surface area (Å²) in [7, 11) is 0. The predicted molar refractivity (Wildman–Crippen MR) is 94.7 cm³/mol. The van der Waals surface area contributed by atoms with Gasteiger partial charge in [-0.25, -0.2) is 0 Å². The minimum absolute atomic E-state index is 0.232. The number of aromatic carboxylic acids is 1. The summed E-state index contributed by atoms with van der Waals surface area (Å²) < 4.78 is 0. The molecule has 0 aliphatic heterocycles. The molecular formula is C22H19O2-. The molecule has 0 saturated carbocycles. The maximum absolute atomic E-state index is 10.7. The number of rotatable bonds is 6. The zero-order valence-electron chi connectivity index (χ0n) is 13.4. The molecule has 3 aromatic carbocycles. The molecule has 0 atom stereocenters. The molecule has 0 N–H and O–H groups in total. The van der Waals surface area contributed by atoms with Crippen molar-refractivity contribution in [3.63, 3.8) is 0 Å². The van der Waals surface area contributed by atoms with Gasteiger partial charge in [0.25, 0.3) is 0 Å². The summed E-state index contributed by atoms with van der Waals surface area (Å²) in [4.78, 5) is 10.7. The fourth-order valence-corrected chi connectivity index (χ4v) is 2.80. The van der Waals surface area contributed by atoms with Gasteiger partial charge in [-0.15, -0.1) is 0 Å². The van der Waals surface area contributed by atoms with Crippen molar-refractivity contribution in [1.29, 1.82) is 0 Å². The standard InChI is InChI=1S/C22H20O2/c23-22(24)21-15-11-18(12-16-21)6-4-5-17-9-13-20(14-10-17)19-7-2-1-3-8-19/h1-3,7-16H,4-6H2,(H,23,24)/p-1. The van der Waals surface area contributed by atoms with E-state index in [1.807, 2.05) is 18.2 Å². The topological polar surface area (TPSA) is 40.1 Å². The van der Waals surface area contributed by atoms with Crippen LogP contribution in [0.2, 0.25) is 0 Å². The molecule has 0 saturated heterocycles. The van der Waals surface area contributed by atoms with Gasteiger partial charge in [-0.05, 0) is 47.1 Å². The van der Waals surface area contributed by atoms with Gasteiger partial charge in [-0.1, -0.05) is 78.9 Å². The largest absolute Gasteiger partial charge is 0.545 e. The third kappa shape index (κ3) is 4.11. The van der Waals surface area contributed by atoms with Crippen LogP contribution >= 0.6 is 0 Å². The van der Waals surface area contributed by atoms with E-state index >= 15 is 0 Å². The summed E-state index contributed by atoms with van der Waals surface area (Å²) in [5, 5.41) is 10.7. The van der Waals surface area contributed by atoms with E-state index < -0.39 is 5.97 Å². The van der Waals surface area contributed by atoms with Gasteiger partial charge in [0.2, 0.25) is 0 Å². The Bertz CT molecular complexity index is 788. The van der Waals surface area contributed by atoms with E-state index in [1.54, 1.807) is 12.1 Å². The van der Waals surface area contributed by atoms with Crippen molar-refractivity contribution in [2.45, 2.75) is 19.3 Å². The maximum Gasteiger partial charge on any atom is 0.0715 e. The molecule has 0 aliphatic rings. The van der Waals surface area contributed by atoms with Gasteiger partial charge >= 0.3 is 0 Å². The normalized spacial score (nSPS) is 10.5. The van der Waals surface area contributed by atoms with Crippen molar-refractivity contribution in [1.82, 2.24) is 0 Å². The molecule has 24 heavy (non-hydrogen) atoms. The van der Waals surface area contributed by atoms with Crippen molar-refractivity contribution in [2.24, 2.45) is 0 Å². The van der Waals surface area contributed by atoms with Crippen LogP contribution in [0.1, 0.15) is 27.9 Å². The molecule has 3 rings (SSSR count). The quantitative estimate of drug-likeness (QED) is 0.692. The Labute approximate surface area is 142 Å². The Morgan fingerprint density at radius 2 is 1.17 bits per heavy atom. The Balaban J connectivity index is 1.54. The lowest BCUT2D eigenvalue weighted by Crippen LogP contribution is -2.21. The highest BCUT2D eigenvalue weighted by Gasteiger charge is 1.99. The zero-order chi connectivity index (χ0) is 16.8. The van der Waals surface area contributed by atoms with Crippen LogP contribution in [0.5, 0.6) is 0 Å². The van der Waals surface area contributed by atoms with Crippen molar-refractivity contribution in [2.75, 3.05) is 0 Å². The first-order valence-corrected chi connectivity index (χ1v) is 8.17. The Kier molecular flexibility index (Phi) is 5.07. The van der Waals surface area contributed by atoms with Crippen molar-refractivity contribution >= 4 is 5.97 Å². The summed E-state index contributed by atoms with van der Waals surface area (Å²) in [6, 6.07) is 26.0. The number of hydrogen-bond acceptors (Lipinski definition) is 2. The van der Waals surface area contributed by atoms with E-state index in [0.29, 0.717) is 0 Å². The first-order valence-electron chi connectivity index (χ1n) is 8.17. The van der Waals surface area contributed by atoms with Crippen LogP contribution in [0.3, 0.4) is 0 Å². The second-order valence-electron chi connectivity index (χ2n) is 5.90. The molecule has 0 heterocycles. The summed E-state index contributed by atoms with van der Waals surface area (Å²) in [6.07, 6.45) is 2.99. The number of aryl methyl sites for hydroxylation is 2. The summed E-state index contributed by atoms with van der Waals surface area (Å²) in [5.41, 5.74) is 5.17. The average molecular weight is 315 g/mol. The SMILES string of the molecule is O=C([O-])c1ccc(CCCc2ccc(-c3ccccc3)cc2)cc1. The molecule has 0 aromatic heterocycles. The van der Waals surface area contributed by atoms with Crippen LogP contribution in [0, 0.1) is 0 Å². The van der Waals surface area contributed by atoms with E-state index in [4.69, 9.17) is 0 Å². The molecule has 0 amide bonds. The molecule has 0 radical (unpaired) electrons. The van der Waals surface area contributed by atoms with Crippen LogP contribution in [0.15, 0.2) is 78.9 Å². The van der Waals surface area contributed by atoms with E-state index in [2.05, 4.69) is 48.5 Å². The average Bonchev–Trinajstić information content (AvgIpc) is 2.63. The Morgan fingerprint density at radius 3 is 1.71 bits per heavy atom. The van der Waals surface area contributed by atoms with Gasteiger partial charge in [0, 0.05) is 0 Å². The molecule has 3 aromatic rings. The molecule has 120 valence electrons. The minimum atomic E-state index is -1.12. The summed E-state index contributed by atoms with van der Waals surface area (Å²) >= 11 is 0. The number of carboxylic acid groups (broad SMARTS) is 1. The summed E-state index contributed by atoms with van der Waals surface area (Å²) in [5.74, 6) is -1.12. The monoisotopic (exact) mass is 315 g/mol. The fraction of sp³-hybridized carbons (Fsp3) is 0.136. The molecule has 2 heteroatoms. The fourth-order valence-electron chi connectivity index (χ4n) is 2.80. The molecule has 0 fully saturated rings. The van der Waals surface area contributed by atoms with Crippen LogP contribution in [-0.2, 0) is 12.8 Å². The van der Waals surface area contributed by atoms with Gasteiger partial charge in [-0.3, -0.25) is 0 Å². The first kappa shape index (κ1) is 16.0. The first-order chi connectivity index (χ1) is 11.7. The van der Waals surface area contributed by atoms with Crippen LogP contribution in [0.4, 0.5) is 0 Å². The highest BCUT2D eigenvalue weighted by atomic mass is 16.4. The molecule has 2 nitrogen and oxygen atoms in total. The third-order valence-electron chi connectivity index (χ3n) is 4.18. The number of benzene rings is 3. The van der Waals surface area contributed by atoms with Crippen LogP contribution in [0.25, 0.3) is 11.1 Å². The van der Waals surface area contributed by atoms with E-state index in [-0.39, 0.29) is 5.56 Å². The molecule has 0 unspecified atom stereocenters. The lowest BCUT2D eigenvalue weighted by Gasteiger charge is -2.06. The number of carbonyl (C=O) groups excluding carboxylic acids is 1. The van der Waals surface area contributed by atoms with Gasteiger partial charge in [-0.2, -0.15) is 0 Å². The smallest absolute Gasteiger partial charge is 0.0715 e. The Hall–Kier alpha value is -2.87. The van der Waals surface area contributed by atoms with E-state index in [1.165, 1.54) is 16.7 Å². The lowest BCUT2D eigenvalue weighted by molar-refractivity contribution is -0.255. The van der Waals surface area contributed by atoms with Gasteiger partial charge in [0.1, 0.15) is 0 Å². The number of carbonyl (C=O) groups is 1. The molecule has 0 spiro atoms. The number of carboxylic acids is 1. The third-order valence-corrected chi connectivity index (χ3v) is 4.18. The maximum atomic E-state index is 10.7. The molecule has 0 bridgehead atoms. The second kappa shape index (κ2) is 7.60. The summed E-state index contributed by atoms with van der Waals surface area (Å²) in [6.45, 7) is 0. The van der Waals surface area contributed by atoms with Crippen molar-refractivity contribution in [3.05, 3.63) is 95.6 Å². The lowest BCUT2D eigenvalue weighted by atomic mass is 10.00. The van der Waals surface area contributed by atoms with Crippen molar-refractivity contribution < 1.29 is 9.90 Å². The molecule has 0 aliphatic carbocycles.